The van der Waals surface area contributed by atoms with Crippen LogP contribution in [0.2, 0.25) is 0 Å². The summed E-state index contributed by atoms with van der Waals surface area (Å²) >= 11 is 0. The summed E-state index contributed by atoms with van der Waals surface area (Å²) in [5, 5.41) is 0. The van der Waals surface area contributed by atoms with Gasteiger partial charge in [-0.3, -0.25) is 0 Å². The van der Waals surface area contributed by atoms with E-state index in [-0.39, 0.29) is 0 Å². The summed E-state index contributed by atoms with van der Waals surface area (Å²) in [4.78, 5) is 0. The zero-order valence-corrected chi connectivity index (χ0v) is 14.1. The molecule has 120 valence electrons. The van der Waals surface area contributed by atoms with Gasteiger partial charge in [0.05, 0.1) is 0 Å². The predicted molar refractivity (Wildman–Crippen MR) is 104 cm³/mol. The first-order valence-electron chi connectivity index (χ1n) is 8.66. The molecule has 0 bridgehead atoms. The summed E-state index contributed by atoms with van der Waals surface area (Å²) in [5.41, 5.74) is 6.63. The Balaban J connectivity index is 1.53. The maximum absolute atomic E-state index is 4.26. The molecular weight excluding hydrogens is 288 g/mol. The summed E-state index contributed by atoms with van der Waals surface area (Å²) in [6.07, 6.45) is 4.23. The van der Waals surface area contributed by atoms with Crippen LogP contribution in [-0.2, 0) is 19.3 Å². The summed E-state index contributed by atoms with van der Waals surface area (Å²) in [6.45, 7) is 4.26. The molecule has 0 aliphatic rings. The summed E-state index contributed by atoms with van der Waals surface area (Å²) in [5.74, 6) is 0. The van der Waals surface area contributed by atoms with E-state index in [1.54, 1.807) is 0 Å². The van der Waals surface area contributed by atoms with Crippen LogP contribution in [0, 0.1) is 0 Å². The number of aryl methyl sites for hydroxylation is 3. The minimum atomic E-state index is 1.01. The summed E-state index contributed by atoms with van der Waals surface area (Å²) in [7, 11) is 0. The Kier molecular flexibility index (Phi) is 5.63. The number of hydrogen-bond acceptors (Lipinski definition) is 0. The molecular formula is C24H24. The average molecular weight is 312 g/mol. The SMILES string of the molecule is C=C(CCc1ccccc1)c1ccc(CCc2ccccc2)cc1. The van der Waals surface area contributed by atoms with Crippen LogP contribution in [0.4, 0.5) is 0 Å². The number of allylic oxidation sites excluding steroid dienone is 1. The van der Waals surface area contributed by atoms with E-state index >= 15 is 0 Å². The molecule has 0 amide bonds. The molecule has 0 saturated carbocycles. The molecule has 0 saturated heterocycles. The van der Waals surface area contributed by atoms with E-state index in [4.69, 9.17) is 0 Å². The van der Waals surface area contributed by atoms with E-state index in [9.17, 15) is 0 Å². The van der Waals surface area contributed by atoms with E-state index in [2.05, 4.69) is 91.5 Å². The van der Waals surface area contributed by atoms with Crippen LogP contribution in [0.25, 0.3) is 5.57 Å². The molecule has 0 fully saturated rings. The third-order valence-electron chi connectivity index (χ3n) is 4.47. The van der Waals surface area contributed by atoms with E-state index in [1.807, 2.05) is 0 Å². The molecule has 0 aliphatic carbocycles. The highest BCUT2D eigenvalue weighted by Crippen LogP contribution is 2.20. The zero-order chi connectivity index (χ0) is 16.6. The van der Waals surface area contributed by atoms with Crippen LogP contribution in [0.15, 0.2) is 91.5 Å². The molecule has 3 aromatic rings. The highest BCUT2D eigenvalue weighted by molar-refractivity contribution is 5.63. The number of hydrogen-bond donors (Lipinski definition) is 0. The van der Waals surface area contributed by atoms with Crippen molar-refractivity contribution in [1.82, 2.24) is 0 Å². The molecule has 0 heteroatoms. The summed E-state index contributed by atoms with van der Waals surface area (Å²) in [6, 6.07) is 30.2. The van der Waals surface area contributed by atoms with Gasteiger partial charge >= 0.3 is 0 Å². The maximum atomic E-state index is 4.26. The van der Waals surface area contributed by atoms with Gasteiger partial charge in [0.25, 0.3) is 0 Å². The maximum Gasteiger partial charge on any atom is -0.0230 e. The highest BCUT2D eigenvalue weighted by atomic mass is 14.1. The molecule has 0 N–H and O–H groups in total. The Hall–Kier alpha value is -2.60. The minimum Gasteiger partial charge on any atom is -0.0952 e. The van der Waals surface area contributed by atoms with Gasteiger partial charge in [-0.1, -0.05) is 91.5 Å². The fourth-order valence-corrected chi connectivity index (χ4v) is 2.92. The van der Waals surface area contributed by atoms with E-state index in [0.717, 1.165) is 25.7 Å². The van der Waals surface area contributed by atoms with Gasteiger partial charge in [0.1, 0.15) is 0 Å². The molecule has 0 spiro atoms. The molecule has 3 rings (SSSR count). The second kappa shape index (κ2) is 8.31. The van der Waals surface area contributed by atoms with Crippen LogP contribution in [-0.4, -0.2) is 0 Å². The quantitative estimate of drug-likeness (QED) is 0.493. The molecule has 0 nitrogen and oxygen atoms in total. The van der Waals surface area contributed by atoms with Crippen molar-refractivity contribution in [1.29, 1.82) is 0 Å². The lowest BCUT2D eigenvalue weighted by Crippen LogP contribution is -1.92. The van der Waals surface area contributed by atoms with E-state index < -0.39 is 0 Å². The van der Waals surface area contributed by atoms with Crippen molar-refractivity contribution in [3.8, 4) is 0 Å². The molecule has 0 heterocycles. The third kappa shape index (κ3) is 4.70. The van der Waals surface area contributed by atoms with Crippen LogP contribution in [0.1, 0.15) is 28.7 Å². The van der Waals surface area contributed by atoms with Gasteiger partial charge < -0.3 is 0 Å². The minimum absolute atomic E-state index is 1.01. The Bertz CT molecular complexity index is 752. The first kappa shape index (κ1) is 16.3. The van der Waals surface area contributed by atoms with Crippen molar-refractivity contribution >= 4 is 5.57 Å². The van der Waals surface area contributed by atoms with Crippen LogP contribution in [0.5, 0.6) is 0 Å². The van der Waals surface area contributed by atoms with Gasteiger partial charge in [0.15, 0.2) is 0 Å². The van der Waals surface area contributed by atoms with Gasteiger partial charge in [-0.2, -0.15) is 0 Å². The Morgan fingerprint density at radius 1 is 0.542 bits per heavy atom. The smallest absolute Gasteiger partial charge is 0.0230 e. The topological polar surface area (TPSA) is 0 Å². The van der Waals surface area contributed by atoms with Gasteiger partial charge in [-0.05, 0) is 53.5 Å². The van der Waals surface area contributed by atoms with Crippen LogP contribution < -0.4 is 0 Å². The van der Waals surface area contributed by atoms with Gasteiger partial charge in [-0.25, -0.2) is 0 Å². The van der Waals surface area contributed by atoms with Crippen molar-refractivity contribution in [3.05, 3.63) is 114 Å². The number of rotatable bonds is 7. The normalized spacial score (nSPS) is 10.5. The predicted octanol–water partition coefficient (Wildman–Crippen LogP) is 6.12. The van der Waals surface area contributed by atoms with Gasteiger partial charge in [0.2, 0.25) is 0 Å². The average Bonchev–Trinajstić information content (AvgIpc) is 2.66. The molecule has 0 atom stereocenters. The second-order valence-electron chi connectivity index (χ2n) is 6.27. The molecule has 0 radical (unpaired) electrons. The lowest BCUT2D eigenvalue weighted by atomic mass is 9.97. The lowest BCUT2D eigenvalue weighted by Gasteiger charge is -2.08. The van der Waals surface area contributed by atoms with Crippen molar-refractivity contribution < 1.29 is 0 Å². The standard InChI is InChI=1S/C24H24/c1-20(12-13-21-8-4-2-5-9-21)24-18-16-23(17-19-24)15-14-22-10-6-3-7-11-22/h2-11,16-19H,1,12-15H2. The third-order valence-corrected chi connectivity index (χ3v) is 4.47. The first-order chi connectivity index (χ1) is 11.8. The second-order valence-corrected chi connectivity index (χ2v) is 6.27. The van der Waals surface area contributed by atoms with Gasteiger partial charge in [0, 0.05) is 0 Å². The lowest BCUT2D eigenvalue weighted by molar-refractivity contribution is 0.959. The molecule has 0 aromatic heterocycles. The van der Waals surface area contributed by atoms with Gasteiger partial charge in [-0.15, -0.1) is 0 Å². The van der Waals surface area contributed by atoms with E-state index in [0.29, 0.717) is 0 Å². The Morgan fingerprint density at radius 3 is 1.54 bits per heavy atom. The molecule has 24 heavy (non-hydrogen) atoms. The van der Waals surface area contributed by atoms with E-state index in [1.165, 1.54) is 27.8 Å². The monoisotopic (exact) mass is 312 g/mol. The fraction of sp³-hybridized carbons (Fsp3) is 0.167. The van der Waals surface area contributed by atoms with Crippen LogP contribution in [0.3, 0.4) is 0 Å². The Labute approximate surface area is 145 Å². The zero-order valence-electron chi connectivity index (χ0n) is 14.1. The van der Waals surface area contributed by atoms with Crippen molar-refractivity contribution in [3.63, 3.8) is 0 Å². The number of benzene rings is 3. The van der Waals surface area contributed by atoms with Crippen LogP contribution >= 0.6 is 0 Å². The molecule has 3 aromatic carbocycles. The van der Waals surface area contributed by atoms with Crippen molar-refractivity contribution in [2.75, 3.05) is 0 Å². The first-order valence-corrected chi connectivity index (χ1v) is 8.66. The fourth-order valence-electron chi connectivity index (χ4n) is 2.92. The Morgan fingerprint density at radius 2 is 1.00 bits per heavy atom. The highest BCUT2D eigenvalue weighted by Gasteiger charge is 2.01. The largest absolute Gasteiger partial charge is 0.0952 e. The van der Waals surface area contributed by atoms with Crippen molar-refractivity contribution in [2.45, 2.75) is 25.7 Å². The van der Waals surface area contributed by atoms with Crippen molar-refractivity contribution in [2.24, 2.45) is 0 Å². The molecule has 0 unspecified atom stereocenters. The summed E-state index contributed by atoms with van der Waals surface area (Å²) < 4.78 is 0. The molecule has 0 aliphatic heterocycles.